The maximum absolute atomic E-state index is 5.20. The lowest BCUT2D eigenvalue weighted by Crippen LogP contribution is -1.93. The highest BCUT2D eigenvalue weighted by Crippen LogP contribution is 2.58. The van der Waals surface area contributed by atoms with Crippen LogP contribution in [0.2, 0.25) is 0 Å². The first-order chi connectivity index (χ1) is 29.8. The normalized spacial score (nSPS) is 11.7. The molecule has 60 heavy (non-hydrogen) atoms. The highest BCUT2D eigenvalue weighted by atomic mass is 14.8. The van der Waals surface area contributed by atoms with Gasteiger partial charge in [-0.15, -0.1) is 0 Å². The predicted molar refractivity (Wildman–Crippen MR) is 252 cm³/mol. The van der Waals surface area contributed by atoms with Crippen LogP contribution >= 0.6 is 0 Å². The largest absolute Gasteiger partial charge is 0.255 e. The molecule has 12 rings (SSSR count). The van der Waals surface area contributed by atoms with Crippen molar-refractivity contribution in [3.63, 3.8) is 0 Å². The molecule has 0 atom stereocenters. The maximum Gasteiger partial charge on any atom is 0.0893 e. The fourth-order valence-electron chi connectivity index (χ4n) is 9.58. The van der Waals surface area contributed by atoms with Crippen LogP contribution in [0, 0.1) is 0 Å². The third-order valence-corrected chi connectivity index (χ3v) is 12.2. The average Bonchev–Trinajstić information content (AvgIpc) is 3.66. The molecule has 278 valence electrons. The molecule has 0 bridgehead atoms. The van der Waals surface area contributed by atoms with E-state index in [1.54, 1.807) is 0 Å². The van der Waals surface area contributed by atoms with Crippen LogP contribution in [0.25, 0.3) is 122 Å². The van der Waals surface area contributed by atoms with E-state index in [2.05, 4.69) is 193 Å². The Kier molecular flexibility index (Phi) is 7.89. The van der Waals surface area contributed by atoms with Gasteiger partial charge in [-0.3, -0.25) is 4.98 Å². The van der Waals surface area contributed by atoms with Crippen molar-refractivity contribution in [1.29, 1.82) is 0 Å². The van der Waals surface area contributed by atoms with Gasteiger partial charge in [0.25, 0.3) is 0 Å². The number of hydrogen-bond acceptors (Lipinski definition) is 2. The molecule has 2 nitrogen and oxygen atoms in total. The molecule has 0 aliphatic heterocycles. The first kappa shape index (κ1) is 34.1. The van der Waals surface area contributed by atoms with Crippen molar-refractivity contribution in [3.8, 4) is 89.4 Å². The molecule has 1 aliphatic carbocycles. The van der Waals surface area contributed by atoms with Crippen molar-refractivity contribution in [3.05, 3.63) is 219 Å². The smallest absolute Gasteiger partial charge is 0.0893 e. The maximum atomic E-state index is 5.20. The first-order valence-corrected chi connectivity index (χ1v) is 20.6. The van der Waals surface area contributed by atoms with Crippen LogP contribution in [0.5, 0.6) is 0 Å². The van der Waals surface area contributed by atoms with Crippen LogP contribution in [0.3, 0.4) is 0 Å². The fourth-order valence-corrected chi connectivity index (χ4v) is 9.58. The minimum atomic E-state index is 0.852. The molecule has 1 aliphatic rings. The number of fused-ring (bicyclic) bond motifs is 5. The van der Waals surface area contributed by atoms with Gasteiger partial charge in [-0.05, 0) is 148 Å². The van der Waals surface area contributed by atoms with E-state index in [9.17, 15) is 0 Å². The molecule has 0 saturated heterocycles. The van der Waals surface area contributed by atoms with Crippen molar-refractivity contribution in [2.24, 2.45) is 0 Å². The Hall–Kier alpha value is -7.94. The minimum Gasteiger partial charge on any atom is -0.255 e. The Morgan fingerprint density at radius 3 is 1.57 bits per heavy atom. The van der Waals surface area contributed by atoms with Crippen LogP contribution < -0.4 is 0 Å². The second-order valence-electron chi connectivity index (χ2n) is 15.7. The number of aromatic nitrogens is 2. The minimum absolute atomic E-state index is 0.852. The summed E-state index contributed by atoms with van der Waals surface area (Å²) < 4.78 is 0. The zero-order valence-electron chi connectivity index (χ0n) is 32.7. The van der Waals surface area contributed by atoms with E-state index in [0.717, 1.165) is 33.8 Å². The van der Waals surface area contributed by atoms with Gasteiger partial charge in [-0.1, -0.05) is 164 Å². The van der Waals surface area contributed by atoms with Gasteiger partial charge in [-0.25, -0.2) is 4.98 Å². The summed E-state index contributed by atoms with van der Waals surface area (Å²) in [5.41, 5.74) is 18.5. The molecule has 0 unspecified atom stereocenters. The van der Waals surface area contributed by atoms with Crippen LogP contribution in [0.4, 0.5) is 0 Å². The van der Waals surface area contributed by atoms with E-state index < -0.39 is 0 Å². The first-order valence-electron chi connectivity index (χ1n) is 20.6. The molecule has 2 heteroatoms. The lowest BCUT2D eigenvalue weighted by Gasteiger charge is -2.20. The van der Waals surface area contributed by atoms with Crippen molar-refractivity contribution < 1.29 is 0 Å². The molecular weight excluding hydrogens is 725 g/mol. The second-order valence-corrected chi connectivity index (χ2v) is 15.7. The Morgan fingerprint density at radius 2 is 0.833 bits per heavy atom. The highest BCUT2D eigenvalue weighted by Gasteiger charge is 2.31. The number of rotatable bonds is 6. The zero-order chi connectivity index (χ0) is 39.6. The molecule has 0 saturated carbocycles. The molecular formula is C58H36N2. The molecule has 0 amide bonds. The van der Waals surface area contributed by atoms with Gasteiger partial charge >= 0.3 is 0 Å². The summed E-state index contributed by atoms with van der Waals surface area (Å²) in [6.07, 6.45) is 1.82. The predicted octanol–water partition coefficient (Wildman–Crippen LogP) is 15.6. The molecule has 2 aromatic heterocycles. The summed E-state index contributed by atoms with van der Waals surface area (Å²) in [7, 11) is 0. The van der Waals surface area contributed by atoms with Crippen LogP contribution in [-0.4, -0.2) is 9.97 Å². The number of nitrogens with zero attached hydrogens (tertiary/aromatic N) is 2. The van der Waals surface area contributed by atoms with Crippen LogP contribution in [0.15, 0.2) is 219 Å². The van der Waals surface area contributed by atoms with E-state index in [4.69, 9.17) is 4.98 Å². The van der Waals surface area contributed by atoms with Gasteiger partial charge in [0, 0.05) is 11.8 Å². The van der Waals surface area contributed by atoms with Crippen LogP contribution in [0.1, 0.15) is 0 Å². The Labute approximate surface area is 348 Å². The quantitative estimate of drug-likeness (QED) is 0.169. The molecule has 9 aromatic carbocycles. The third-order valence-electron chi connectivity index (χ3n) is 12.2. The molecule has 11 aromatic rings. The SMILES string of the molecule is c1ccc(-c2c3c(c(-c4ccccc4)c4ccccc24)-c2ccc(-c4cc(-c5ccc6ccccc6c5)cc(-c5cccc(-c6ccccn6)n5)c4)c4cccc-3c24)cc1. The second kappa shape index (κ2) is 13.9. The molecule has 0 spiro atoms. The van der Waals surface area contributed by atoms with Crippen molar-refractivity contribution in [1.82, 2.24) is 9.97 Å². The summed E-state index contributed by atoms with van der Waals surface area (Å²) in [5.74, 6) is 0. The lowest BCUT2D eigenvalue weighted by molar-refractivity contribution is 1.25. The summed E-state index contributed by atoms with van der Waals surface area (Å²) in [6.45, 7) is 0. The van der Waals surface area contributed by atoms with Gasteiger partial charge in [0.05, 0.1) is 17.1 Å². The average molecular weight is 761 g/mol. The Balaban J connectivity index is 1.13. The van der Waals surface area contributed by atoms with E-state index >= 15 is 0 Å². The van der Waals surface area contributed by atoms with Crippen molar-refractivity contribution in [2.45, 2.75) is 0 Å². The van der Waals surface area contributed by atoms with E-state index in [-0.39, 0.29) is 0 Å². The van der Waals surface area contributed by atoms with Gasteiger partial charge < -0.3 is 0 Å². The summed E-state index contributed by atoms with van der Waals surface area (Å²) in [4.78, 5) is 9.82. The molecule has 0 fully saturated rings. The molecule has 2 heterocycles. The van der Waals surface area contributed by atoms with E-state index in [0.29, 0.717) is 0 Å². The summed E-state index contributed by atoms with van der Waals surface area (Å²) in [5, 5.41) is 7.50. The van der Waals surface area contributed by atoms with Gasteiger partial charge in [-0.2, -0.15) is 0 Å². The monoisotopic (exact) mass is 760 g/mol. The Morgan fingerprint density at radius 1 is 0.267 bits per heavy atom. The molecule has 0 N–H and O–H groups in total. The van der Waals surface area contributed by atoms with E-state index in [1.807, 2.05) is 30.5 Å². The van der Waals surface area contributed by atoms with Crippen molar-refractivity contribution >= 4 is 32.3 Å². The van der Waals surface area contributed by atoms with Gasteiger partial charge in [0.2, 0.25) is 0 Å². The topological polar surface area (TPSA) is 25.8 Å². The van der Waals surface area contributed by atoms with E-state index in [1.165, 1.54) is 88.0 Å². The Bertz CT molecular complexity index is 3370. The fraction of sp³-hybridized carbons (Fsp3) is 0. The zero-order valence-corrected chi connectivity index (χ0v) is 32.7. The van der Waals surface area contributed by atoms with Crippen LogP contribution in [-0.2, 0) is 0 Å². The number of benzene rings is 9. The third kappa shape index (κ3) is 5.50. The van der Waals surface area contributed by atoms with Gasteiger partial charge in [0.15, 0.2) is 0 Å². The summed E-state index contributed by atoms with van der Waals surface area (Å²) >= 11 is 0. The lowest BCUT2D eigenvalue weighted by atomic mass is 9.82. The number of hydrogen-bond donors (Lipinski definition) is 0. The van der Waals surface area contributed by atoms with Crippen molar-refractivity contribution in [2.75, 3.05) is 0 Å². The summed E-state index contributed by atoms with van der Waals surface area (Å²) in [6, 6.07) is 77.0. The standard InChI is InChI=1S/C58H36N2/c1-3-16-38(17-4-1)54-47-21-9-10-22-48(47)55(39-18-5-2-6-19-39)58-50-31-30-45(46-23-13-24-49(56(46)50)57(54)58)43-34-42(41-29-28-37-15-7-8-20-40(37)33-41)35-44(36-43)51-26-14-27-53(60-51)52-25-11-12-32-59-52/h1-36H. The number of pyridine rings is 2. The van der Waals surface area contributed by atoms with Gasteiger partial charge in [0.1, 0.15) is 0 Å². The molecule has 0 radical (unpaired) electrons. The highest BCUT2D eigenvalue weighted by molar-refractivity contribution is 6.28.